The van der Waals surface area contributed by atoms with Crippen molar-refractivity contribution in [2.24, 2.45) is 5.29 Å². The van der Waals surface area contributed by atoms with E-state index in [1.165, 1.54) is 16.7 Å². The molecule has 1 saturated heterocycles. The van der Waals surface area contributed by atoms with Crippen molar-refractivity contribution in [1.29, 1.82) is 0 Å². The zero-order chi connectivity index (χ0) is 15.8. The lowest BCUT2D eigenvalue weighted by Crippen LogP contribution is -2.25. The summed E-state index contributed by atoms with van der Waals surface area (Å²) in [7, 11) is 0. The molecule has 4 nitrogen and oxygen atoms in total. The summed E-state index contributed by atoms with van der Waals surface area (Å²) in [5.41, 5.74) is 5.64. The zero-order valence-electron chi connectivity index (χ0n) is 12.6. The third kappa shape index (κ3) is 2.41. The van der Waals surface area contributed by atoms with Gasteiger partial charge in [0.15, 0.2) is 5.78 Å². The monoisotopic (exact) mass is 324 g/mol. The molecule has 5 heteroatoms. The van der Waals surface area contributed by atoms with Crippen molar-refractivity contribution in [1.82, 2.24) is 5.01 Å². The number of ketones is 1. The molecule has 2 aromatic rings. The van der Waals surface area contributed by atoms with Gasteiger partial charge in [0.1, 0.15) is 0 Å². The van der Waals surface area contributed by atoms with E-state index in [-0.39, 0.29) is 5.78 Å². The summed E-state index contributed by atoms with van der Waals surface area (Å²) in [6.07, 6.45) is 2.10. The molecule has 2 aliphatic rings. The van der Waals surface area contributed by atoms with Crippen LogP contribution in [-0.2, 0) is 6.42 Å². The molecule has 0 saturated carbocycles. The van der Waals surface area contributed by atoms with Crippen molar-refractivity contribution in [3.8, 4) is 0 Å². The number of Topliss-reactive ketones (excluding diaryl/α,β-unsaturated/α-hetero) is 1. The number of nitrogens with zero attached hydrogens (tertiary/aromatic N) is 2. The molecule has 0 unspecified atom stereocenters. The van der Waals surface area contributed by atoms with Gasteiger partial charge < -0.3 is 0 Å². The van der Waals surface area contributed by atoms with E-state index in [2.05, 4.69) is 11.4 Å². The zero-order valence-corrected chi connectivity index (χ0v) is 13.4. The molecular formula is C18H16N2O2S. The molecule has 0 N–H and O–H groups in total. The molecule has 1 aliphatic carbocycles. The summed E-state index contributed by atoms with van der Waals surface area (Å²) in [5.74, 6) is 0.191. The number of fused-ring (bicyclic) bond motifs is 2. The first kappa shape index (κ1) is 14.3. The van der Waals surface area contributed by atoms with Crippen LogP contribution >= 0.6 is 11.3 Å². The van der Waals surface area contributed by atoms with Crippen LogP contribution in [0.25, 0.3) is 5.57 Å². The molecular weight excluding hydrogens is 308 g/mol. The van der Waals surface area contributed by atoms with Crippen LogP contribution in [0.15, 0.2) is 46.6 Å². The highest BCUT2D eigenvalue weighted by Crippen LogP contribution is 2.40. The molecule has 0 amide bonds. The van der Waals surface area contributed by atoms with Gasteiger partial charge in [-0.2, -0.15) is 0 Å². The third-order valence-corrected chi connectivity index (χ3v) is 5.57. The molecule has 23 heavy (non-hydrogen) atoms. The van der Waals surface area contributed by atoms with E-state index in [9.17, 15) is 9.70 Å². The van der Waals surface area contributed by atoms with Crippen LogP contribution in [0.5, 0.6) is 0 Å². The number of rotatable bonds is 1. The van der Waals surface area contributed by atoms with Gasteiger partial charge in [-0.1, -0.05) is 29.8 Å². The molecule has 1 aromatic carbocycles. The van der Waals surface area contributed by atoms with E-state index in [1.807, 2.05) is 29.6 Å². The van der Waals surface area contributed by atoms with Gasteiger partial charge in [0.25, 0.3) is 0 Å². The molecule has 0 radical (unpaired) electrons. The first-order valence-corrected chi connectivity index (χ1v) is 8.65. The Morgan fingerprint density at radius 3 is 2.61 bits per heavy atom. The molecule has 116 valence electrons. The number of hydrogen-bond donors (Lipinski definition) is 0. The van der Waals surface area contributed by atoms with E-state index in [4.69, 9.17) is 0 Å². The Balaban J connectivity index is 1.91. The van der Waals surface area contributed by atoms with Gasteiger partial charge in [-0.15, -0.1) is 16.2 Å². The Bertz CT molecular complexity index is 812. The van der Waals surface area contributed by atoms with E-state index in [0.29, 0.717) is 19.5 Å². The Kier molecular flexibility index (Phi) is 3.58. The van der Waals surface area contributed by atoms with Crippen LogP contribution in [-0.4, -0.2) is 23.9 Å². The Morgan fingerprint density at radius 1 is 1.04 bits per heavy atom. The average molecular weight is 324 g/mol. The molecule has 0 atom stereocenters. The fraction of sp³-hybridized carbons (Fsp3) is 0.278. The van der Waals surface area contributed by atoms with Crippen molar-refractivity contribution in [3.05, 3.63) is 67.8 Å². The number of carbonyl (C=O) groups is 1. The predicted octanol–water partition coefficient (Wildman–Crippen LogP) is 4.07. The summed E-state index contributed by atoms with van der Waals surface area (Å²) in [5, 5.41) is 6.62. The van der Waals surface area contributed by atoms with Crippen molar-refractivity contribution in [2.75, 3.05) is 13.1 Å². The fourth-order valence-electron chi connectivity index (χ4n) is 3.48. The minimum Gasteiger partial charge on any atom is -0.294 e. The second kappa shape index (κ2) is 5.74. The van der Waals surface area contributed by atoms with E-state index in [0.717, 1.165) is 28.8 Å². The standard InChI is InChI=1S/C18H16N2O2S/c21-16-11-13-3-1-2-4-14(13)17(18-15(16)7-10-23-18)12-5-8-20(19-22)9-6-12/h1-4,7,10H,5-6,8-9,11H2. The highest BCUT2D eigenvalue weighted by Gasteiger charge is 2.27. The lowest BCUT2D eigenvalue weighted by molar-refractivity contribution is 0.0993. The fourth-order valence-corrected chi connectivity index (χ4v) is 4.50. The number of thiophene rings is 1. The lowest BCUT2D eigenvalue weighted by Gasteiger charge is -2.25. The summed E-state index contributed by atoms with van der Waals surface area (Å²) < 4.78 is 0. The maximum absolute atomic E-state index is 12.6. The van der Waals surface area contributed by atoms with E-state index >= 15 is 0 Å². The topological polar surface area (TPSA) is 49.7 Å². The highest BCUT2D eigenvalue weighted by atomic mass is 32.1. The van der Waals surface area contributed by atoms with E-state index < -0.39 is 0 Å². The largest absolute Gasteiger partial charge is 0.294 e. The van der Waals surface area contributed by atoms with Gasteiger partial charge in [-0.05, 0) is 41.0 Å². The highest BCUT2D eigenvalue weighted by molar-refractivity contribution is 7.11. The van der Waals surface area contributed by atoms with E-state index in [1.54, 1.807) is 16.3 Å². The van der Waals surface area contributed by atoms with Crippen LogP contribution in [0, 0.1) is 4.91 Å². The quantitative estimate of drug-likeness (QED) is 0.743. The maximum atomic E-state index is 12.6. The normalized spacial score (nSPS) is 17.6. The molecule has 1 fully saturated rings. The van der Waals surface area contributed by atoms with Gasteiger partial charge in [-0.25, -0.2) is 0 Å². The van der Waals surface area contributed by atoms with Gasteiger partial charge in [-0.3, -0.25) is 9.80 Å². The number of benzene rings is 1. The van der Waals surface area contributed by atoms with Crippen LogP contribution in [0.3, 0.4) is 0 Å². The second-order valence-corrected chi connectivity index (χ2v) is 6.85. The van der Waals surface area contributed by atoms with Crippen LogP contribution in [0.2, 0.25) is 0 Å². The predicted molar refractivity (Wildman–Crippen MR) is 91.4 cm³/mol. The van der Waals surface area contributed by atoms with Crippen LogP contribution < -0.4 is 0 Å². The van der Waals surface area contributed by atoms with Crippen LogP contribution in [0.4, 0.5) is 0 Å². The minimum atomic E-state index is 0.191. The van der Waals surface area contributed by atoms with Gasteiger partial charge in [0.05, 0.1) is 5.29 Å². The SMILES string of the molecule is O=NN1CCC(=C2c3ccccc3CC(=O)c3ccsc32)CC1. The van der Waals surface area contributed by atoms with Crippen LogP contribution in [0.1, 0.15) is 39.2 Å². The lowest BCUT2D eigenvalue weighted by atomic mass is 9.90. The molecule has 1 aromatic heterocycles. The summed E-state index contributed by atoms with van der Waals surface area (Å²) in [6, 6.07) is 10.1. The van der Waals surface area contributed by atoms with Gasteiger partial charge in [0.2, 0.25) is 0 Å². The van der Waals surface area contributed by atoms with Crippen molar-refractivity contribution >= 4 is 22.7 Å². The Hall–Kier alpha value is -2.27. The first-order valence-electron chi connectivity index (χ1n) is 7.77. The number of carbonyl (C=O) groups excluding carboxylic acids is 1. The van der Waals surface area contributed by atoms with Crippen molar-refractivity contribution in [2.45, 2.75) is 19.3 Å². The second-order valence-electron chi connectivity index (χ2n) is 5.93. The average Bonchev–Trinajstić information content (AvgIpc) is 3.03. The molecule has 4 rings (SSSR count). The van der Waals surface area contributed by atoms with Gasteiger partial charge >= 0.3 is 0 Å². The third-order valence-electron chi connectivity index (χ3n) is 4.64. The minimum absolute atomic E-state index is 0.191. The molecule has 0 spiro atoms. The van der Waals surface area contributed by atoms with Crippen molar-refractivity contribution < 1.29 is 4.79 Å². The van der Waals surface area contributed by atoms with Gasteiger partial charge in [0, 0.05) is 30.0 Å². The first-order chi connectivity index (χ1) is 11.3. The Labute approximate surface area is 138 Å². The summed E-state index contributed by atoms with van der Waals surface area (Å²) in [4.78, 5) is 24.4. The Morgan fingerprint density at radius 2 is 1.83 bits per heavy atom. The molecule has 1 aliphatic heterocycles. The molecule has 0 bridgehead atoms. The maximum Gasteiger partial charge on any atom is 0.168 e. The summed E-state index contributed by atoms with van der Waals surface area (Å²) >= 11 is 1.64. The number of hydrogen-bond acceptors (Lipinski definition) is 4. The smallest absolute Gasteiger partial charge is 0.168 e. The summed E-state index contributed by atoms with van der Waals surface area (Å²) in [6.45, 7) is 1.30. The molecule has 2 heterocycles. The van der Waals surface area contributed by atoms with Crippen molar-refractivity contribution in [3.63, 3.8) is 0 Å². The number of nitroso groups, excluding NO2 is 1. The number of piperidine rings is 1.